The molecule has 0 unspecified atom stereocenters. The lowest BCUT2D eigenvalue weighted by Crippen LogP contribution is -2.22. The van der Waals surface area contributed by atoms with E-state index in [-0.39, 0.29) is 5.69 Å². The summed E-state index contributed by atoms with van der Waals surface area (Å²) in [7, 11) is 1.91. The summed E-state index contributed by atoms with van der Waals surface area (Å²) in [6.07, 6.45) is 4.34. The summed E-state index contributed by atoms with van der Waals surface area (Å²) in [5.74, 6) is 0.179. The number of benzene rings is 1. The molecule has 0 aliphatic rings. The van der Waals surface area contributed by atoms with E-state index < -0.39 is 11.6 Å². The zero-order valence-corrected chi connectivity index (χ0v) is 14.6. The number of halogens is 2. The molecule has 7 heteroatoms. The Morgan fingerprint density at radius 3 is 2.42 bits per heavy atom. The molecule has 0 radical (unpaired) electrons. The number of aryl methyl sites for hydroxylation is 1. The number of likely N-dealkylation sites (N-methyl/N-ethyl adjacent to an activating group) is 1. The van der Waals surface area contributed by atoms with E-state index in [1.165, 1.54) is 23.8 Å². The van der Waals surface area contributed by atoms with Gasteiger partial charge in [-0.25, -0.2) is 18.7 Å². The van der Waals surface area contributed by atoms with Gasteiger partial charge in [0.25, 0.3) is 0 Å². The first-order valence-electron chi connectivity index (χ1n) is 8.19. The minimum atomic E-state index is -0.672. The molecule has 0 amide bonds. The highest BCUT2D eigenvalue weighted by Crippen LogP contribution is 2.24. The maximum absolute atomic E-state index is 13.8. The van der Waals surface area contributed by atoms with Gasteiger partial charge in [-0.1, -0.05) is 6.07 Å². The highest BCUT2D eigenvalue weighted by atomic mass is 19.1. The normalized spacial score (nSPS) is 10.6. The number of rotatable bonds is 6. The summed E-state index contributed by atoms with van der Waals surface area (Å²) >= 11 is 0. The van der Waals surface area contributed by atoms with Crippen LogP contribution in [0, 0.1) is 18.6 Å². The Balaban J connectivity index is 1.76. The third-order valence-electron chi connectivity index (χ3n) is 3.92. The van der Waals surface area contributed by atoms with Crippen molar-refractivity contribution in [3.8, 4) is 0 Å². The number of hydrogen-bond donors (Lipinski definition) is 1. The summed E-state index contributed by atoms with van der Waals surface area (Å²) in [5, 5.41) is 2.71. The lowest BCUT2D eigenvalue weighted by molar-refractivity contribution is 0.590. The minimum absolute atomic E-state index is 0.226. The molecular weight excluding hydrogens is 336 g/mol. The van der Waals surface area contributed by atoms with Gasteiger partial charge in [0.15, 0.2) is 0 Å². The summed E-state index contributed by atoms with van der Waals surface area (Å²) in [5.41, 5.74) is 0.945. The Morgan fingerprint density at radius 1 is 1.04 bits per heavy atom. The van der Waals surface area contributed by atoms with E-state index in [2.05, 4.69) is 20.3 Å². The van der Waals surface area contributed by atoms with Gasteiger partial charge < -0.3 is 10.2 Å². The monoisotopic (exact) mass is 355 g/mol. The third kappa shape index (κ3) is 4.30. The second kappa shape index (κ2) is 7.86. The van der Waals surface area contributed by atoms with E-state index in [1.54, 1.807) is 25.4 Å². The maximum atomic E-state index is 13.8. The average Bonchev–Trinajstić information content (AvgIpc) is 2.63. The van der Waals surface area contributed by atoms with Gasteiger partial charge in [0.1, 0.15) is 34.8 Å². The van der Waals surface area contributed by atoms with Crippen LogP contribution in [0.4, 0.5) is 26.1 Å². The number of pyridine rings is 1. The van der Waals surface area contributed by atoms with E-state index in [1.807, 2.05) is 24.1 Å². The first-order valence-corrected chi connectivity index (χ1v) is 8.19. The van der Waals surface area contributed by atoms with Gasteiger partial charge in [-0.3, -0.25) is 4.98 Å². The molecule has 0 fully saturated rings. The molecule has 0 saturated heterocycles. The number of anilines is 3. The van der Waals surface area contributed by atoms with Crippen molar-refractivity contribution in [2.24, 2.45) is 0 Å². The lowest BCUT2D eigenvalue weighted by Gasteiger charge is -2.19. The topological polar surface area (TPSA) is 53.9 Å². The zero-order valence-electron chi connectivity index (χ0n) is 14.6. The third-order valence-corrected chi connectivity index (χ3v) is 3.92. The molecule has 0 bridgehead atoms. The fourth-order valence-corrected chi connectivity index (χ4v) is 2.52. The van der Waals surface area contributed by atoms with Crippen molar-refractivity contribution in [2.75, 3.05) is 23.8 Å². The molecule has 134 valence electrons. The molecule has 2 aromatic heterocycles. The molecule has 0 saturated carbocycles. The van der Waals surface area contributed by atoms with Crippen LogP contribution in [0.2, 0.25) is 0 Å². The van der Waals surface area contributed by atoms with Crippen LogP contribution in [0.1, 0.15) is 11.4 Å². The smallest absolute Gasteiger partial charge is 0.149 e. The molecule has 5 nitrogen and oxygen atoms in total. The summed E-state index contributed by atoms with van der Waals surface area (Å²) in [6.45, 7) is 2.47. The summed E-state index contributed by atoms with van der Waals surface area (Å²) in [4.78, 5) is 14.6. The lowest BCUT2D eigenvalue weighted by atomic mass is 10.2. The van der Waals surface area contributed by atoms with Crippen LogP contribution >= 0.6 is 0 Å². The standard InChI is InChI=1S/C19H19F2N5/c1-13-23-17(25-19-15(20)4-3-5-16(19)21)12-18(24-13)26(2)11-8-14-6-9-22-10-7-14/h3-7,9-10,12H,8,11H2,1-2H3,(H,23,24,25). The Kier molecular flexibility index (Phi) is 5.36. The van der Waals surface area contributed by atoms with Crippen LogP contribution in [-0.4, -0.2) is 28.5 Å². The number of nitrogens with one attached hydrogen (secondary N) is 1. The number of hydrogen-bond acceptors (Lipinski definition) is 5. The van der Waals surface area contributed by atoms with Crippen molar-refractivity contribution >= 4 is 17.3 Å². The molecule has 2 heterocycles. The summed E-state index contributed by atoms with van der Waals surface area (Å²) < 4.78 is 27.7. The van der Waals surface area contributed by atoms with Gasteiger partial charge in [-0.05, 0) is 43.2 Å². The largest absolute Gasteiger partial charge is 0.359 e. The average molecular weight is 355 g/mol. The van der Waals surface area contributed by atoms with Crippen LogP contribution < -0.4 is 10.2 Å². The van der Waals surface area contributed by atoms with Gasteiger partial charge in [-0.2, -0.15) is 0 Å². The van der Waals surface area contributed by atoms with Gasteiger partial charge in [0, 0.05) is 32.1 Å². The quantitative estimate of drug-likeness (QED) is 0.727. The van der Waals surface area contributed by atoms with Crippen LogP contribution in [0.25, 0.3) is 0 Å². The molecule has 26 heavy (non-hydrogen) atoms. The molecule has 3 rings (SSSR count). The van der Waals surface area contributed by atoms with E-state index in [4.69, 9.17) is 0 Å². The number of aromatic nitrogens is 3. The van der Waals surface area contributed by atoms with Crippen molar-refractivity contribution in [1.29, 1.82) is 0 Å². The van der Waals surface area contributed by atoms with Crippen molar-refractivity contribution in [3.63, 3.8) is 0 Å². The fourth-order valence-electron chi connectivity index (χ4n) is 2.52. The first kappa shape index (κ1) is 17.7. The van der Waals surface area contributed by atoms with Crippen LogP contribution in [0.15, 0.2) is 48.8 Å². The molecular formula is C19H19F2N5. The van der Waals surface area contributed by atoms with Crippen molar-refractivity contribution in [3.05, 3.63) is 71.8 Å². The van der Waals surface area contributed by atoms with Gasteiger partial charge in [0.05, 0.1) is 0 Å². The molecule has 0 aliphatic heterocycles. The number of nitrogens with zero attached hydrogens (tertiary/aromatic N) is 4. The second-order valence-electron chi connectivity index (χ2n) is 5.91. The molecule has 0 aliphatic carbocycles. The fraction of sp³-hybridized carbons (Fsp3) is 0.211. The number of para-hydroxylation sites is 1. The highest BCUT2D eigenvalue weighted by Gasteiger charge is 2.12. The molecule has 1 N–H and O–H groups in total. The first-order chi connectivity index (χ1) is 12.5. The van der Waals surface area contributed by atoms with Crippen molar-refractivity contribution < 1.29 is 8.78 Å². The second-order valence-corrected chi connectivity index (χ2v) is 5.91. The Labute approximate surface area is 150 Å². The molecule has 3 aromatic rings. The minimum Gasteiger partial charge on any atom is -0.359 e. The van der Waals surface area contributed by atoms with Gasteiger partial charge >= 0.3 is 0 Å². The van der Waals surface area contributed by atoms with Crippen LogP contribution in [-0.2, 0) is 6.42 Å². The predicted octanol–water partition coefficient (Wildman–Crippen LogP) is 3.88. The SMILES string of the molecule is Cc1nc(Nc2c(F)cccc2F)cc(N(C)CCc2ccncc2)n1. The predicted molar refractivity (Wildman–Crippen MR) is 97.6 cm³/mol. The van der Waals surface area contributed by atoms with Crippen LogP contribution in [0.5, 0.6) is 0 Å². The van der Waals surface area contributed by atoms with E-state index in [0.717, 1.165) is 13.0 Å². The highest BCUT2D eigenvalue weighted by molar-refractivity contribution is 5.60. The Morgan fingerprint density at radius 2 is 1.73 bits per heavy atom. The van der Waals surface area contributed by atoms with Crippen LogP contribution in [0.3, 0.4) is 0 Å². The molecule has 0 spiro atoms. The molecule has 1 aromatic carbocycles. The Bertz CT molecular complexity index is 866. The summed E-state index contributed by atoms with van der Waals surface area (Å²) in [6, 6.07) is 9.31. The molecule has 0 atom stereocenters. The van der Waals surface area contributed by atoms with Crippen molar-refractivity contribution in [2.45, 2.75) is 13.3 Å². The van der Waals surface area contributed by atoms with Gasteiger partial charge in [0.2, 0.25) is 0 Å². The Hall–Kier alpha value is -3.09. The maximum Gasteiger partial charge on any atom is 0.149 e. The van der Waals surface area contributed by atoms with E-state index >= 15 is 0 Å². The zero-order chi connectivity index (χ0) is 18.5. The van der Waals surface area contributed by atoms with Gasteiger partial charge in [-0.15, -0.1) is 0 Å². The van der Waals surface area contributed by atoms with E-state index in [9.17, 15) is 8.78 Å². The van der Waals surface area contributed by atoms with E-state index in [0.29, 0.717) is 17.5 Å². The van der Waals surface area contributed by atoms with Crippen molar-refractivity contribution in [1.82, 2.24) is 15.0 Å².